The normalized spacial score (nSPS) is 11.2. The highest BCUT2D eigenvalue weighted by Gasteiger charge is 2.10. The highest BCUT2D eigenvalue weighted by Crippen LogP contribution is 2.19. The van der Waals surface area contributed by atoms with Gasteiger partial charge in [0.25, 0.3) is 0 Å². The summed E-state index contributed by atoms with van der Waals surface area (Å²) in [5.41, 5.74) is 4.66. The fourth-order valence-corrected chi connectivity index (χ4v) is 4.45. The van der Waals surface area contributed by atoms with Gasteiger partial charge in [-0.15, -0.1) is 0 Å². The monoisotopic (exact) mass is 448 g/mol. The molecule has 0 aliphatic carbocycles. The van der Waals surface area contributed by atoms with Gasteiger partial charge < -0.3 is 9.80 Å². The van der Waals surface area contributed by atoms with Crippen molar-refractivity contribution in [2.45, 2.75) is 66.5 Å². The van der Waals surface area contributed by atoms with Crippen LogP contribution >= 0.6 is 0 Å². The van der Waals surface area contributed by atoms with E-state index in [9.17, 15) is 0 Å². The van der Waals surface area contributed by atoms with Crippen LogP contribution in [0.3, 0.4) is 0 Å². The number of hydrogen-bond donors (Lipinski definition) is 0. The second-order valence-electron chi connectivity index (χ2n) is 8.88. The van der Waals surface area contributed by atoms with Crippen LogP contribution in [0.15, 0.2) is 48.5 Å². The molecular formula is C29H44N4. The van der Waals surface area contributed by atoms with Crippen molar-refractivity contribution in [3.05, 3.63) is 71.1 Å². The largest absolute Gasteiger partial charge is 0.372 e. The van der Waals surface area contributed by atoms with Gasteiger partial charge in [0.05, 0.1) is 6.57 Å². The second-order valence-corrected chi connectivity index (χ2v) is 8.88. The van der Waals surface area contributed by atoms with E-state index in [2.05, 4.69) is 83.6 Å². The first kappa shape index (κ1) is 26.9. The molecule has 0 fully saturated rings. The minimum Gasteiger partial charge on any atom is -0.372 e. The second kappa shape index (κ2) is 15.5. The Morgan fingerprint density at radius 1 is 0.636 bits per heavy atom. The van der Waals surface area contributed by atoms with Crippen molar-refractivity contribution in [2.75, 3.05) is 44.2 Å². The average Bonchev–Trinajstić information content (AvgIpc) is 2.84. The molecule has 0 bridgehead atoms. The molecule has 0 heterocycles. The summed E-state index contributed by atoms with van der Waals surface area (Å²) in [6.07, 6.45) is 4.92. The van der Waals surface area contributed by atoms with Gasteiger partial charge in [0, 0.05) is 31.9 Å². The Kier molecular flexibility index (Phi) is 12.6. The van der Waals surface area contributed by atoms with Crippen LogP contribution in [-0.2, 0) is 13.1 Å². The summed E-state index contributed by atoms with van der Waals surface area (Å²) in [4.78, 5) is 11.1. The van der Waals surface area contributed by atoms with Crippen molar-refractivity contribution in [1.29, 1.82) is 0 Å². The van der Waals surface area contributed by atoms with Gasteiger partial charge in [-0.1, -0.05) is 50.2 Å². The Morgan fingerprint density at radius 3 is 1.58 bits per heavy atom. The van der Waals surface area contributed by atoms with E-state index in [0.717, 1.165) is 32.7 Å². The Bertz CT molecular complexity index is 797. The van der Waals surface area contributed by atoms with E-state index in [1.54, 1.807) is 0 Å². The molecule has 2 rings (SSSR count). The van der Waals surface area contributed by atoms with E-state index in [-0.39, 0.29) is 0 Å². The summed E-state index contributed by atoms with van der Waals surface area (Å²) in [7, 11) is 0. The van der Waals surface area contributed by atoms with Gasteiger partial charge in [0.1, 0.15) is 0 Å². The van der Waals surface area contributed by atoms with Crippen molar-refractivity contribution in [2.24, 2.45) is 0 Å². The molecule has 2 aromatic rings. The van der Waals surface area contributed by atoms with Crippen LogP contribution in [0.4, 0.5) is 11.4 Å². The zero-order chi connectivity index (χ0) is 23.9. The van der Waals surface area contributed by atoms with Gasteiger partial charge in [-0.2, -0.15) is 0 Å². The number of benzene rings is 2. The van der Waals surface area contributed by atoms with Gasteiger partial charge in [-0.05, 0) is 89.0 Å². The zero-order valence-electron chi connectivity index (χ0n) is 21.4. The Balaban J connectivity index is 2.01. The summed E-state index contributed by atoms with van der Waals surface area (Å²) < 4.78 is 0. The van der Waals surface area contributed by atoms with Crippen LogP contribution in [0.1, 0.15) is 64.5 Å². The molecule has 0 unspecified atom stereocenters. The standard InChI is InChI=1S/C29H44N4/c1-6-20-31(21-7-2)22-10-11-23-32(24-26-12-16-28(30-5)17-13-26)25-27-14-18-29(19-15-27)33(8-3)9-4/h12-19H,6-11,20-25H2,1-4H3. The third-order valence-electron chi connectivity index (χ3n) is 6.22. The molecule has 0 saturated carbocycles. The molecule has 180 valence electrons. The highest BCUT2D eigenvalue weighted by atomic mass is 15.1. The maximum absolute atomic E-state index is 7.19. The number of nitrogens with zero attached hydrogens (tertiary/aromatic N) is 4. The number of rotatable bonds is 16. The van der Waals surface area contributed by atoms with Crippen molar-refractivity contribution < 1.29 is 0 Å². The van der Waals surface area contributed by atoms with E-state index in [0.29, 0.717) is 5.69 Å². The third kappa shape index (κ3) is 9.58. The molecule has 0 atom stereocenters. The van der Waals surface area contributed by atoms with Crippen molar-refractivity contribution in [1.82, 2.24) is 9.80 Å². The van der Waals surface area contributed by atoms with Crippen LogP contribution in [0.2, 0.25) is 0 Å². The lowest BCUT2D eigenvalue weighted by Crippen LogP contribution is -2.28. The molecule has 0 spiro atoms. The quantitative estimate of drug-likeness (QED) is 0.203. The Hall–Kier alpha value is -2.35. The Labute approximate surface area is 203 Å². The lowest BCUT2D eigenvalue weighted by Gasteiger charge is -2.25. The van der Waals surface area contributed by atoms with Crippen LogP contribution in [0, 0.1) is 6.57 Å². The van der Waals surface area contributed by atoms with Crippen LogP contribution in [0.25, 0.3) is 4.85 Å². The van der Waals surface area contributed by atoms with Gasteiger partial charge in [-0.3, -0.25) is 4.90 Å². The summed E-state index contributed by atoms with van der Waals surface area (Å²) in [5, 5.41) is 0. The summed E-state index contributed by atoms with van der Waals surface area (Å²) in [5.74, 6) is 0. The molecule has 33 heavy (non-hydrogen) atoms. The Morgan fingerprint density at radius 2 is 1.12 bits per heavy atom. The predicted molar refractivity (Wildman–Crippen MR) is 143 cm³/mol. The van der Waals surface area contributed by atoms with Crippen molar-refractivity contribution in [3.8, 4) is 0 Å². The number of hydrogen-bond acceptors (Lipinski definition) is 3. The fraction of sp³-hybridized carbons (Fsp3) is 0.552. The van der Waals surface area contributed by atoms with Gasteiger partial charge in [0.2, 0.25) is 0 Å². The molecule has 0 aliphatic heterocycles. The molecule has 0 aliphatic rings. The first-order chi connectivity index (χ1) is 16.1. The molecular weight excluding hydrogens is 404 g/mol. The lowest BCUT2D eigenvalue weighted by molar-refractivity contribution is 0.231. The van der Waals surface area contributed by atoms with Crippen molar-refractivity contribution in [3.63, 3.8) is 0 Å². The molecule has 4 heteroatoms. The van der Waals surface area contributed by atoms with Crippen molar-refractivity contribution >= 4 is 11.4 Å². The summed E-state index contributed by atoms with van der Waals surface area (Å²) in [6, 6.07) is 17.2. The van der Waals surface area contributed by atoms with Crippen LogP contribution < -0.4 is 4.90 Å². The number of anilines is 1. The fourth-order valence-electron chi connectivity index (χ4n) is 4.45. The molecule has 0 saturated heterocycles. The van der Waals surface area contributed by atoms with E-state index >= 15 is 0 Å². The SMILES string of the molecule is [C-]#[N+]c1ccc(CN(CCCCN(CCC)CCC)Cc2ccc(N(CC)CC)cc2)cc1. The molecule has 0 amide bonds. The van der Waals surface area contributed by atoms with Gasteiger partial charge >= 0.3 is 0 Å². The molecule has 4 nitrogen and oxygen atoms in total. The lowest BCUT2D eigenvalue weighted by atomic mass is 10.1. The molecule has 0 N–H and O–H groups in total. The first-order valence-corrected chi connectivity index (χ1v) is 12.9. The smallest absolute Gasteiger partial charge is 0.187 e. The van der Waals surface area contributed by atoms with E-state index in [1.165, 1.54) is 62.1 Å². The first-order valence-electron chi connectivity index (χ1n) is 12.9. The maximum Gasteiger partial charge on any atom is 0.187 e. The van der Waals surface area contributed by atoms with E-state index in [1.807, 2.05) is 12.1 Å². The minimum atomic E-state index is 0.712. The molecule has 2 aromatic carbocycles. The van der Waals surface area contributed by atoms with E-state index < -0.39 is 0 Å². The minimum absolute atomic E-state index is 0.712. The zero-order valence-corrected chi connectivity index (χ0v) is 21.4. The summed E-state index contributed by atoms with van der Waals surface area (Å²) in [6.45, 7) is 24.8. The van der Waals surface area contributed by atoms with Gasteiger partial charge in [0.15, 0.2) is 5.69 Å². The van der Waals surface area contributed by atoms with Gasteiger partial charge in [-0.25, -0.2) is 4.85 Å². The van der Waals surface area contributed by atoms with E-state index in [4.69, 9.17) is 6.57 Å². The molecule has 0 radical (unpaired) electrons. The van der Waals surface area contributed by atoms with Crippen LogP contribution in [0.5, 0.6) is 0 Å². The van der Waals surface area contributed by atoms with Crippen LogP contribution in [-0.4, -0.2) is 49.1 Å². The number of unbranched alkanes of at least 4 members (excludes halogenated alkanes) is 1. The maximum atomic E-state index is 7.19. The molecule has 0 aromatic heterocycles. The summed E-state index contributed by atoms with van der Waals surface area (Å²) >= 11 is 0. The predicted octanol–water partition coefficient (Wildman–Crippen LogP) is 6.99. The highest BCUT2D eigenvalue weighted by molar-refractivity contribution is 5.47. The average molecular weight is 449 g/mol. The third-order valence-corrected chi connectivity index (χ3v) is 6.22. The topological polar surface area (TPSA) is 14.1 Å².